The van der Waals surface area contributed by atoms with Crippen molar-refractivity contribution in [3.8, 4) is 0 Å². The minimum atomic E-state index is -0.337. The average Bonchev–Trinajstić information content (AvgIpc) is 3.54. The Morgan fingerprint density at radius 1 is 1.00 bits per heavy atom. The molecule has 1 fully saturated rings. The van der Waals surface area contributed by atoms with Crippen molar-refractivity contribution in [2.45, 2.75) is 12.8 Å². The van der Waals surface area contributed by atoms with Crippen LogP contribution in [0.3, 0.4) is 0 Å². The number of nitrogens with one attached hydrogen (secondary N) is 2. The predicted molar refractivity (Wildman–Crippen MR) is 128 cm³/mol. The summed E-state index contributed by atoms with van der Waals surface area (Å²) in [6.07, 6.45) is 5.16. The van der Waals surface area contributed by atoms with Crippen LogP contribution in [0.2, 0.25) is 0 Å². The number of hydrogen-bond acceptors (Lipinski definition) is 4. The fraction of sp³-hybridized carbons (Fsp3) is 0.259. The van der Waals surface area contributed by atoms with Gasteiger partial charge in [0.1, 0.15) is 11.5 Å². The van der Waals surface area contributed by atoms with Gasteiger partial charge in [0, 0.05) is 31.3 Å². The van der Waals surface area contributed by atoms with E-state index in [4.69, 9.17) is 4.42 Å². The summed E-state index contributed by atoms with van der Waals surface area (Å²) in [4.78, 5) is 28.0. The minimum absolute atomic E-state index is 0.165. The van der Waals surface area contributed by atoms with E-state index in [1.54, 1.807) is 42.5 Å². The number of rotatable bonds is 9. The summed E-state index contributed by atoms with van der Waals surface area (Å²) in [6, 6.07) is 22.8. The van der Waals surface area contributed by atoms with E-state index in [0.29, 0.717) is 23.8 Å². The lowest BCUT2D eigenvalue weighted by molar-refractivity contribution is -0.117. The number of amides is 2. The molecule has 2 aromatic carbocycles. The van der Waals surface area contributed by atoms with Crippen molar-refractivity contribution in [1.82, 2.24) is 15.5 Å². The van der Waals surface area contributed by atoms with E-state index < -0.39 is 0 Å². The summed E-state index contributed by atoms with van der Waals surface area (Å²) >= 11 is 0. The Morgan fingerprint density at radius 2 is 1.76 bits per heavy atom. The molecular formula is C27H29N3O3. The molecule has 1 saturated heterocycles. The van der Waals surface area contributed by atoms with Crippen LogP contribution in [0.4, 0.5) is 0 Å². The van der Waals surface area contributed by atoms with Gasteiger partial charge < -0.3 is 20.0 Å². The van der Waals surface area contributed by atoms with Crippen LogP contribution in [0.5, 0.6) is 0 Å². The number of carbonyl (C=O) groups excluding carboxylic acids is 2. The van der Waals surface area contributed by atoms with Gasteiger partial charge in [0.05, 0.1) is 6.26 Å². The highest BCUT2D eigenvalue weighted by Crippen LogP contribution is 2.16. The SMILES string of the molecule is O=C(NCC1CCN(CCc2ccccc2)C1)C(=Cc1ccco1)NC(=O)c1ccccc1. The summed E-state index contributed by atoms with van der Waals surface area (Å²) in [6.45, 7) is 3.58. The molecule has 0 spiro atoms. The van der Waals surface area contributed by atoms with Gasteiger partial charge in [-0.2, -0.15) is 0 Å². The van der Waals surface area contributed by atoms with Crippen molar-refractivity contribution >= 4 is 17.9 Å². The van der Waals surface area contributed by atoms with Crippen molar-refractivity contribution in [1.29, 1.82) is 0 Å². The van der Waals surface area contributed by atoms with Crippen LogP contribution < -0.4 is 10.6 Å². The first-order valence-corrected chi connectivity index (χ1v) is 11.3. The molecule has 1 aliphatic rings. The third-order valence-electron chi connectivity index (χ3n) is 5.84. The van der Waals surface area contributed by atoms with E-state index in [2.05, 4.69) is 39.8 Å². The lowest BCUT2D eigenvalue weighted by atomic mass is 10.1. The number of nitrogens with zero attached hydrogens (tertiary/aromatic N) is 1. The summed E-state index contributed by atoms with van der Waals surface area (Å²) in [5.41, 5.74) is 1.99. The van der Waals surface area contributed by atoms with Crippen LogP contribution in [0.25, 0.3) is 6.08 Å². The fourth-order valence-electron chi connectivity index (χ4n) is 4.00. The third kappa shape index (κ3) is 6.67. The lowest BCUT2D eigenvalue weighted by Crippen LogP contribution is -2.37. The predicted octanol–water partition coefficient (Wildman–Crippen LogP) is 3.73. The highest BCUT2D eigenvalue weighted by molar-refractivity contribution is 6.05. The number of carbonyl (C=O) groups is 2. The van der Waals surface area contributed by atoms with Crippen LogP contribution in [0.1, 0.15) is 28.1 Å². The third-order valence-corrected chi connectivity index (χ3v) is 5.84. The van der Waals surface area contributed by atoms with Crippen LogP contribution >= 0.6 is 0 Å². The number of benzene rings is 2. The zero-order valence-electron chi connectivity index (χ0n) is 18.6. The van der Waals surface area contributed by atoms with Crippen LogP contribution in [0.15, 0.2) is 89.2 Å². The first-order chi connectivity index (χ1) is 16.2. The molecule has 2 N–H and O–H groups in total. The highest BCUT2D eigenvalue weighted by Gasteiger charge is 2.23. The Morgan fingerprint density at radius 3 is 2.48 bits per heavy atom. The maximum Gasteiger partial charge on any atom is 0.267 e. The molecule has 2 heterocycles. The molecule has 0 aliphatic carbocycles. The Kier molecular flexibility index (Phi) is 7.72. The normalized spacial score (nSPS) is 16.5. The monoisotopic (exact) mass is 443 g/mol. The van der Waals surface area contributed by atoms with Gasteiger partial charge in [-0.25, -0.2) is 0 Å². The molecule has 4 rings (SSSR count). The molecule has 33 heavy (non-hydrogen) atoms. The van der Waals surface area contributed by atoms with E-state index in [-0.39, 0.29) is 17.5 Å². The second kappa shape index (κ2) is 11.3. The smallest absolute Gasteiger partial charge is 0.267 e. The Labute approximate surface area is 194 Å². The summed E-state index contributed by atoms with van der Waals surface area (Å²) < 4.78 is 5.34. The first kappa shape index (κ1) is 22.6. The molecule has 1 atom stereocenters. The van der Waals surface area contributed by atoms with E-state index in [1.807, 2.05) is 12.1 Å². The van der Waals surface area contributed by atoms with Crippen molar-refractivity contribution in [2.24, 2.45) is 5.92 Å². The average molecular weight is 444 g/mol. The molecule has 1 aliphatic heterocycles. The molecule has 6 nitrogen and oxygen atoms in total. The fourth-order valence-corrected chi connectivity index (χ4v) is 4.00. The van der Waals surface area contributed by atoms with E-state index in [0.717, 1.165) is 32.5 Å². The zero-order valence-corrected chi connectivity index (χ0v) is 18.6. The van der Waals surface area contributed by atoms with Gasteiger partial charge in [-0.1, -0.05) is 48.5 Å². The second-order valence-corrected chi connectivity index (χ2v) is 8.29. The summed E-state index contributed by atoms with van der Waals surface area (Å²) in [7, 11) is 0. The van der Waals surface area contributed by atoms with E-state index in [9.17, 15) is 9.59 Å². The molecule has 3 aromatic rings. The molecule has 1 aromatic heterocycles. The van der Waals surface area contributed by atoms with Crippen LogP contribution in [-0.4, -0.2) is 42.9 Å². The second-order valence-electron chi connectivity index (χ2n) is 8.29. The topological polar surface area (TPSA) is 74.6 Å². The van der Waals surface area contributed by atoms with Crippen molar-refractivity contribution in [3.63, 3.8) is 0 Å². The molecule has 170 valence electrons. The lowest BCUT2D eigenvalue weighted by Gasteiger charge is -2.17. The van der Waals surface area contributed by atoms with Gasteiger partial charge in [0.15, 0.2) is 0 Å². The minimum Gasteiger partial charge on any atom is -0.465 e. The molecule has 1 unspecified atom stereocenters. The van der Waals surface area contributed by atoms with E-state index >= 15 is 0 Å². The summed E-state index contributed by atoms with van der Waals surface area (Å²) in [5.74, 6) is 0.232. The Balaban J connectivity index is 1.31. The van der Waals surface area contributed by atoms with E-state index in [1.165, 1.54) is 11.8 Å². The summed E-state index contributed by atoms with van der Waals surface area (Å²) in [5, 5.41) is 5.73. The van der Waals surface area contributed by atoms with Crippen molar-refractivity contribution in [3.05, 3.63) is 102 Å². The van der Waals surface area contributed by atoms with Crippen LogP contribution in [0, 0.1) is 5.92 Å². The van der Waals surface area contributed by atoms with Crippen LogP contribution in [-0.2, 0) is 11.2 Å². The standard InChI is InChI=1S/C27H29N3O3/c31-26(23-10-5-2-6-11-23)29-25(18-24-12-7-17-33-24)27(32)28-19-22-14-16-30(20-22)15-13-21-8-3-1-4-9-21/h1-12,17-18,22H,13-16,19-20H2,(H,28,32)(H,29,31). The molecule has 6 heteroatoms. The van der Waals surface area contributed by atoms with Gasteiger partial charge in [0.2, 0.25) is 0 Å². The number of furan rings is 1. The number of likely N-dealkylation sites (tertiary alicyclic amines) is 1. The maximum atomic E-state index is 12.9. The Hall–Kier alpha value is -3.64. The molecule has 0 bridgehead atoms. The molecular weight excluding hydrogens is 414 g/mol. The highest BCUT2D eigenvalue weighted by atomic mass is 16.3. The van der Waals surface area contributed by atoms with Gasteiger partial charge in [-0.15, -0.1) is 0 Å². The number of hydrogen-bond donors (Lipinski definition) is 2. The molecule has 0 radical (unpaired) electrons. The molecule has 0 saturated carbocycles. The zero-order chi connectivity index (χ0) is 22.9. The Bertz CT molecular complexity index is 1060. The van der Waals surface area contributed by atoms with Gasteiger partial charge in [-0.3, -0.25) is 9.59 Å². The largest absolute Gasteiger partial charge is 0.465 e. The van der Waals surface area contributed by atoms with Gasteiger partial charge >= 0.3 is 0 Å². The van der Waals surface area contributed by atoms with Crippen molar-refractivity contribution < 1.29 is 14.0 Å². The molecule has 2 amide bonds. The van der Waals surface area contributed by atoms with Crippen molar-refractivity contribution in [2.75, 3.05) is 26.2 Å². The quantitative estimate of drug-likeness (QED) is 0.494. The van der Waals surface area contributed by atoms with Gasteiger partial charge in [0.25, 0.3) is 11.8 Å². The first-order valence-electron chi connectivity index (χ1n) is 11.3. The maximum absolute atomic E-state index is 12.9. The van der Waals surface area contributed by atoms with Gasteiger partial charge in [-0.05, 0) is 55.1 Å².